The third-order valence-corrected chi connectivity index (χ3v) is 5.34. The van der Waals surface area contributed by atoms with Crippen molar-refractivity contribution in [2.45, 2.75) is 31.1 Å². The van der Waals surface area contributed by atoms with E-state index in [9.17, 15) is 4.79 Å². The lowest BCUT2D eigenvalue weighted by molar-refractivity contribution is 0.0978. The lowest BCUT2D eigenvalue weighted by atomic mass is 10.0. The zero-order chi connectivity index (χ0) is 19.2. The number of aryl methyl sites for hydroxylation is 1. The van der Waals surface area contributed by atoms with Crippen LogP contribution in [0.2, 0.25) is 0 Å². The number of ketones is 1. The zero-order valence-corrected chi connectivity index (χ0v) is 16.6. The van der Waals surface area contributed by atoms with Crippen molar-refractivity contribution < 1.29 is 19.0 Å². The van der Waals surface area contributed by atoms with Gasteiger partial charge in [0.15, 0.2) is 5.78 Å². The predicted molar refractivity (Wildman–Crippen MR) is 109 cm³/mol. The molecule has 6 heteroatoms. The summed E-state index contributed by atoms with van der Waals surface area (Å²) in [5, 5.41) is 0. The number of nitrogen functional groups attached to an aromatic ring is 1. The SMILES string of the molecule is CCCOc1cc2c(cc1C(=O)CCc1ccc(OC)c(N)c1)OCCS2. The van der Waals surface area contributed by atoms with Gasteiger partial charge in [-0.15, -0.1) is 11.8 Å². The van der Waals surface area contributed by atoms with E-state index in [0.29, 0.717) is 48.8 Å². The summed E-state index contributed by atoms with van der Waals surface area (Å²) in [4.78, 5) is 13.9. The van der Waals surface area contributed by atoms with E-state index in [2.05, 4.69) is 0 Å². The number of rotatable bonds is 8. The number of hydrogen-bond donors (Lipinski definition) is 1. The molecule has 2 aromatic rings. The van der Waals surface area contributed by atoms with Crippen molar-refractivity contribution in [3.63, 3.8) is 0 Å². The summed E-state index contributed by atoms with van der Waals surface area (Å²) in [5.74, 6) is 3.01. The van der Waals surface area contributed by atoms with Crippen molar-refractivity contribution in [1.29, 1.82) is 0 Å². The molecule has 0 aromatic heterocycles. The lowest BCUT2D eigenvalue weighted by Gasteiger charge is -2.20. The second kappa shape index (κ2) is 9.04. The molecule has 144 valence electrons. The highest BCUT2D eigenvalue weighted by Crippen LogP contribution is 2.39. The average Bonchev–Trinajstić information content (AvgIpc) is 2.69. The lowest BCUT2D eigenvalue weighted by Crippen LogP contribution is -2.11. The molecule has 1 heterocycles. The van der Waals surface area contributed by atoms with E-state index >= 15 is 0 Å². The van der Waals surface area contributed by atoms with Crippen LogP contribution in [0.25, 0.3) is 0 Å². The van der Waals surface area contributed by atoms with E-state index in [1.165, 1.54) is 0 Å². The molecule has 3 rings (SSSR count). The number of ether oxygens (including phenoxy) is 3. The molecule has 5 nitrogen and oxygen atoms in total. The van der Waals surface area contributed by atoms with Crippen molar-refractivity contribution in [3.05, 3.63) is 41.5 Å². The Kier molecular flexibility index (Phi) is 6.50. The van der Waals surface area contributed by atoms with Gasteiger partial charge in [-0.1, -0.05) is 13.0 Å². The van der Waals surface area contributed by atoms with Crippen LogP contribution in [-0.4, -0.2) is 31.9 Å². The smallest absolute Gasteiger partial charge is 0.167 e. The van der Waals surface area contributed by atoms with Gasteiger partial charge < -0.3 is 19.9 Å². The first kappa shape index (κ1) is 19.4. The number of benzene rings is 2. The van der Waals surface area contributed by atoms with Gasteiger partial charge in [0.25, 0.3) is 0 Å². The molecular weight excluding hydrogens is 362 g/mol. The van der Waals surface area contributed by atoms with Gasteiger partial charge in [0, 0.05) is 12.2 Å². The van der Waals surface area contributed by atoms with E-state index in [0.717, 1.165) is 28.4 Å². The van der Waals surface area contributed by atoms with Crippen molar-refractivity contribution in [1.82, 2.24) is 0 Å². The van der Waals surface area contributed by atoms with E-state index in [-0.39, 0.29) is 5.78 Å². The molecule has 0 aliphatic carbocycles. The molecule has 2 aromatic carbocycles. The summed E-state index contributed by atoms with van der Waals surface area (Å²) in [7, 11) is 1.59. The van der Waals surface area contributed by atoms with Gasteiger partial charge in [-0.05, 0) is 42.7 Å². The topological polar surface area (TPSA) is 70.8 Å². The first-order valence-electron chi connectivity index (χ1n) is 9.14. The van der Waals surface area contributed by atoms with Crippen LogP contribution in [0.15, 0.2) is 35.2 Å². The molecule has 2 N–H and O–H groups in total. The monoisotopic (exact) mass is 387 g/mol. The number of fused-ring (bicyclic) bond motifs is 1. The number of thioether (sulfide) groups is 1. The average molecular weight is 388 g/mol. The van der Waals surface area contributed by atoms with Crippen LogP contribution in [0.5, 0.6) is 17.2 Å². The van der Waals surface area contributed by atoms with Crippen LogP contribution < -0.4 is 19.9 Å². The van der Waals surface area contributed by atoms with Gasteiger partial charge in [0.05, 0.1) is 36.5 Å². The highest BCUT2D eigenvalue weighted by molar-refractivity contribution is 7.99. The summed E-state index contributed by atoms with van der Waals surface area (Å²) in [6.07, 6.45) is 1.87. The molecule has 0 atom stereocenters. The maximum atomic E-state index is 12.9. The predicted octanol–water partition coefficient (Wildman–Crippen LogP) is 4.37. The number of anilines is 1. The number of methoxy groups -OCH3 is 1. The molecule has 1 aliphatic heterocycles. The molecular formula is C21H25NO4S. The fourth-order valence-corrected chi connectivity index (χ4v) is 3.79. The molecule has 0 saturated carbocycles. The number of nitrogens with two attached hydrogens (primary N) is 1. The first-order chi connectivity index (χ1) is 13.1. The Morgan fingerprint density at radius 3 is 2.85 bits per heavy atom. The highest BCUT2D eigenvalue weighted by atomic mass is 32.2. The van der Waals surface area contributed by atoms with Crippen molar-refractivity contribution in [2.75, 3.05) is 31.8 Å². The molecule has 0 fully saturated rings. The third kappa shape index (κ3) is 4.69. The van der Waals surface area contributed by atoms with E-state index in [1.54, 1.807) is 18.9 Å². The molecule has 1 aliphatic rings. The van der Waals surface area contributed by atoms with E-state index in [4.69, 9.17) is 19.9 Å². The zero-order valence-electron chi connectivity index (χ0n) is 15.7. The summed E-state index contributed by atoms with van der Waals surface area (Å²) < 4.78 is 16.7. The third-order valence-electron chi connectivity index (χ3n) is 4.34. The molecule has 27 heavy (non-hydrogen) atoms. The Balaban J connectivity index is 1.77. The van der Waals surface area contributed by atoms with Crippen LogP contribution in [-0.2, 0) is 6.42 Å². The summed E-state index contributed by atoms with van der Waals surface area (Å²) in [6, 6.07) is 9.39. The first-order valence-corrected chi connectivity index (χ1v) is 10.1. The second-order valence-electron chi connectivity index (χ2n) is 6.34. The molecule has 0 radical (unpaired) electrons. The minimum atomic E-state index is 0.0393. The normalized spacial score (nSPS) is 12.8. The number of carbonyl (C=O) groups excluding carboxylic acids is 1. The fourth-order valence-electron chi connectivity index (χ4n) is 2.95. The minimum Gasteiger partial charge on any atom is -0.495 e. The van der Waals surface area contributed by atoms with Crippen molar-refractivity contribution in [2.24, 2.45) is 0 Å². The van der Waals surface area contributed by atoms with Gasteiger partial charge in [-0.25, -0.2) is 0 Å². The van der Waals surface area contributed by atoms with Crippen LogP contribution in [0, 0.1) is 0 Å². The van der Waals surface area contributed by atoms with Crippen LogP contribution in [0.3, 0.4) is 0 Å². The van der Waals surface area contributed by atoms with Gasteiger partial charge in [0.2, 0.25) is 0 Å². The van der Waals surface area contributed by atoms with Gasteiger partial charge in [-0.3, -0.25) is 4.79 Å². The molecule has 0 amide bonds. The van der Waals surface area contributed by atoms with E-state index < -0.39 is 0 Å². The Hall–Kier alpha value is -2.34. The van der Waals surface area contributed by atoms with Crippen molar-refractivity contribution >= 4 is 23.2 Å². The standard InChI is InChI=1S/C21H25NO4S/c1-3-8-25-19-13-21-20(26-9-10-27-21)12-15(19)17(23)6-4-14-5-7-18(24-2)16(22)11-14/h5,7,11-13H,3-4,6,8-10,22H2,1-2H3. The van der Waals surface area contributed by atoms with Crippen LogP contribution in [0.1, 0.15) is 35.7 Å². The van der Waals surface area contributed by atoms with Crippen LogP contribution >= 0.6 is 11.8 Å². The minimum absolute atomic E-state index is 0.0393. The highest BCUT2D eigenvalue weighted by Gasteiger charge is 2.20. The molecule has 0 bridgehead atoms. The largest absolute Gasteiger partial charge is 0.495 e. The summed E-state index contributed by atoms with van der Waals surface area (Å²) >= 11 is 1.73. The number of carbonyl (C=O) groups is 1. The summed E-state index contributed by atoms with van der Waals surface area (Å²) in [6.45, 7) is 3.29. The quantitative estimate of drug-likeness (QED) is 0.536. The molecule has 0 saturated heterocycles. The Morgan fingerprint density at radius 1 is 1.26 bits per heavy atom. The van der Waals surface area contributed by atoms with E-state index in [1.807, 2.05) is 37.3 Å². The molecule has 0 spiro atoms. The number of Topliss-reactive ketones (excluding diaryl/α,β-unsaturated/α-hetero) is 1. The number of hydrogen-bond acceptors (Lipinski definition) is 6. The second-order valence-corrected chi connectivity index (χ2v) is 7.48. The van der Waals surface area contributed by atoms with Gasteiger partial charge in [0.1, 0.15) is 17.2 Å². The molecule has 0 unspecified atom stereocenters. The van der Waals surface area contributed by atoms with Crippen LogP contribution in [0.4, 0.5) is 5.69 Å². The van der Waals surface area contributed by atoms with Gasteiger partial charge in [-0.2, -0.15) is 0 Å². The van der Waals surface area contributed by atoms with Gasteiger partial charge >= 0.3 is 0 Å². The van der Waals surface area contributed by atoms with Crippen molar-refractivity contribution in [3.8, 4) is 17.2 Å². The fraction of sp³-hybridized carbons (Fsp3) is 0.381. The Labute approximate surface area is 164 Å². The maximum Gasteiger partial charge on any atom is 0.167 e. The summed E-state index contributed by atoms with van der Waals surface area (Å²) in [5.41, 5.74) is 8.12. The Bertz CT molecular complexity index is 822. The maximum absolute atomic E-state index is 12.9. The Morgan fingerprint density at radius 2 is 2.11 bits per heavy atom.